The quantitative estimate of drug-likeness (QED) is 0.674. The van der Waals surface area contributed by atoms with E-state index in [2.05, 4.69) is 28.9 Å². The van der Waals surface area contributed by atoms with Gasteiger partial charge in [-0.3, -0.25) is 0 Å². The van der Waals surface area contributed by atoms with Gasteiger partial charge in [-0.2, -0.15) is 0 Å². The Balaban J connectivity index is 1.90. The number of aryl methyl sites for hydroxylation is 1. The number of thiophene rings is 1. The number of likely N-dealkylation sites (tertiary alicyclic amines) is 1. The maximum Gasteiger partial charge on any atom is 0.191 e. The number of hydrogen-bond donors (Lipinski definition) is 1. The Hall–Kier alpha value is -1.03. The van der Waals surface area contributed by atoms with Crippen LogP contribution in [0, 0.1) is 0 Å². The highest BCUT2D eigenvalue weighted by molar-refractivity contribution is 7.11. The molecule has 2 heterocycles. The van der Waals surface area contributed by atoms with Crippen LogP contribution in [0.4, 0.5) is 0 Å². The number of hydrogen-bond acceptors (Lipinski definition) is 2. The molecule has 4 heteroatoms. The molecule has 0 bridgehead atoms. The molecule has 1 fully saturated rings. The second-order valence-electron chi connectivity index (χ2n) is 4.80. The highest BCUT2D eigenvalue weighted by Gasteiger charge is 2.10. The molecular formula is C14H23N3S. The molecule has 100 valence electrons. The van der Waals surface area contributed by atoms with Crippen LogP contribution in [0.15, 0.2) is 17.1 Å². The number of rotatable bonds is 3. The minimum absolute atomic E-state index is 0.725. The summed E-state index contributed by atoms with van der Waals surface area (Å²) in [6.07, 6.45) is 6.25. The first-order valence-corrected chi connectivity index (χ1v) is 7.73. The molecule has 1 aliphatic heterocycles. The van der Waals surface area contributed by atoms with E-state index in [9.17, 15) is 0 Å². The lowest BCUT2D eigenvalue weighted by atomic mass is 10.2. The van der Waals surface area contributed by atoms with Gasteiger partial charge in [0.1, 0.15) is 0 Å². The second-order valence-corrected chi connectivity index (χ2v) is 6.05. The summed E-state index contributed by atoms with van der Waals surface area (Å²) in [5.74, 6) is 0.725. The monoisotopic (exact) mass is 265 g/mol. The highest BCUT2D eigenvalue weighted by atomic mass is 32.1. The van der Waals surface area contributed by atoms with Gasteiger partial charge in [0, 0.05) is 22.8 Å². The van der Waals surface area contributed by atoms with Crippen molar-refractivity contribution >= 4 is 17.3 Å². The number of nitrogens with zero attached hydrogens (tertiary/aromatic N) is 2. The van der Waals surface area contributed by atoms with Crippen molar-refractivity contribution in [2.75, 3.05) is 13.1 Å². The van der Waals surface area contributed by atoms with Crippen molar-refractivity contribution < 1.29 is 0 Å². The van der Waals surface area contributed by atoms with Gasteiger partial charge in [0.2, 0.25) is 0 Å². The van der Waals surface area contributed by atoms with Crippen molar-refractivity contribution in [2.45, 2.75) is 45.6 Å². The predicted octanol–water partition coefficient (Wildman–Crippen LogP) is 3.00. The molecule has 0 atom stereocenters. The summed E-state index contributed by atoms with van der Waals surface area (Å²) in [6, 6.07) is 4.36. The molecule has 0 radical (unpaired) electrons. The van der Waals surface area contributed by atoms with Crippen molar-refractivity contribution in [2.24, 2.45) is 10.7 Å². The summed E-state index contributed by atoms with van der Waals surface area (Å²) in [6.45, 7) is 5.05. The lowest BCUT2D eigenvalue weighted by Crippen LogP contribution is -2.38. The summed E-state index contributed by atoms with van der Waals surface area (Å²) in [4.78, 5) is 9.51. The summed E-state index contributed by atoms with van der Waals surface area (Å²) in [5, 5.41) is 0. The van der Waals surface area contributed by atoms with E-state index < -0.39 is 0 Å². The third kappa shape index (κ3) is 3.73. The van der Waals surface area contributed by atoms with E-state index in [0.29, 0.717) is 0 Å². The van der Waals surface area contributed by atoms with Gasteiger partial charge in [-0.25, -0.2) is 4.99 Å². The van der Waals surface area contributed by atoms with Crippen LogP contribution in [0.3, 0.4) is 0 Å². The van der Waals surface area contributed by atoms with Gasteiger partial charge in [-0.1, -0.05) is 19.8 Å². The van der Waals surface area contributed by atoms with Gasteiger partial charge in [-0.05, 0) is 31.4 Å². The third-order valence-corrected chi connectivity index (χ3v) is 4.61. The van der Waals surface area contributed by atoms with Crippen molar-refractivity contribution in [3.8, 4) is 0 Å². The minimum Gasteiger partial charge on any atom is -0.370 e. The van der Waals surface area contributed by atoms with Crippen molar-refractivity contribution in [1.29, 1.82) is 0 Å². The zero-order valence-corrected chi connectivity index (χ0v) is 12.0. The number of aliphatic imine (C=N–C) groups is 1. The van der Waals surface area contributed by atoms with Gasteiger partial charge in [0.05, 0.1) is 6.54 Å². The maximum absolute atomic E-state index is 6.09. The Morgan fingerprint density at radius 1 is 1.22 bits per heavy atom. The van der Waals surface area contributed by atoms with Crippen LogP contribution >= 0.6 is 11.3 Å². The lowest BCUT2D eigenvalue weighted by Gasteiger charge is -2.20. The summed E-state index contributed by atoms with van der Waals surface area (Å²) < 4.78 is 0. The fourth-order valence-electron chi connectivity index (χ4n) is 2.26. The first-order valence-electron chi connectivity index (χ1n) is 6.92. The van der Waals surface area contributed by atoms with E-state index in [1.54, 1.807) is 0 Å². The molecule has 2 N–H and O–H groups in total. The summed E-state index contributed by atoms with van der Waals surface area (Å²) >= 11 is 1.84. The van der Waals surface area contributed by atoms with Gasteiger partial charge >= 0.3 is 0 Å². The Labute approximate surface area is 114 Å². The first-order chi connectivity index (χ1) is 8.79. The Morgan fingerprint density at radius 2 is 1.89 bits per heavy atom. The molecule has 1 saturated heterocycles. The standard InChI is InChI=1S/C14H23N3S/c1-2-12-7-8-13(18-12)11-16-14(15)17-9-5-3-4-6-10-17/h7-8H,2-6,9-11H2,1H3,(H2,15,16). The Bertz CT molecular complexity index is 389. The van der Waals surface area contributed by atoms with E-state index in [4.69, 9.17) is 5.73 Å². The van der Waals surface area contributed by atoms with Gasteiger partial charge in [0.15, 0.2) is 5.96 Å². The van der Waals surface area contributed by atoms with Crippen LogP contribution in [-0.4, -0.2) is 23.9 Å². The topological polar surface area (TPSA) is 41.6 Å². The van der Waals surface area contributed by atoms with Gasteiger partial charge < -0.3 is 10.6 Å². The molecule has 0 aliphatic carbocycles. The number of nitrogens with two attached hydrogens (primary N) is 1. The number of guanidine groups is 1. The smallest absolute Gasteiger partial charge is 0.191 e. The average molecular weight is 265 g/mol. The Kier molecular flexibility index (Phi) is 5.05. The summed E-state index contributed by atoms with van der Waals surface area (Å²) in [7, 11) is 0. The molecule has 0 saturated carbocycles. The fraction of sp³-hybridized carbons (Fsp3) is 0.643. The zero-order valence-electron chi connectivity index (χ0n) is 11.2. The van der Waals surface area contributed by atoms with Crippen molar-refractivity contribution in [1.82, 2.24) is 4.90 Å². The fourth-order valence-corrected chi connectivity index (χ4v) is 3.14. The van der Waals surface area contributed by atoms with Crippen LogP contribution in [0.25, 0.3) is 0 Å². The van der Waals surface area contributed by atoms with E-state index in [1.807, 2.05) is 11.3 Å². The van der Waals surface area contributed by atoms with Crippen molar-refractivity contribution in [3.63, 3.8) is 0 Å². The van der Waals surface area contributed by atoms with E-state index in [0.717, 1.165) is 32.0 Å². The normalized spacial score (nSPS) is 17.8. The Morgan fingerprint density at radius 3 is 2.50 bits per heavy atom. The van der Waals surface area contributed by atoms with Crippen LogP contribution in [0.1, 0.15) is 42.4 Å². The highest BCUT2D eigenvalue weighted by Crippen LogP contribution is 2.18. The molecule has 1 aromatic rings. The van der Waals surface area contributed by atoms with Crippen LogP contribution < -0.4 is 5.73 Å². The molecule has 2 rings (SSSR count). The molecule has 0 aromatic carbocycles. The van der Waals surface area contributed by atoms with E-state index in [1.165, 1.54) is 35.4 Å². The lowest BCUT2D eigenvalue weighted by molar-refractivity contribution is 0.428. The molecule has 0 unspecified atom stereocenters. The summed E-state index contributed by atoms with van der Waals surface area (Å²) in [5.41, 5.74) is 6.09. The molecule has 3 nitrogen and oxygen atoms in total. The van der Waals surface area contributed by atoms with Gasteiger partial charge in [0.25, 0.3) is 0 Å². The molecular weight excluding hydrogens is 242 g/mol. The second kappa shape index (κ2) is 6.78. The van der Waals surface area contributed by atoms with Crippen LogP contribution in [0.5, 0.6) is 0 Å². The predicted molar refractivity (Wildman–Crippen MR) is 79.1 cm³/mol. The van der Waals surface area contributed by atoms with Crippen molar-refractivity contribution in [3.05, 3.63) is 21.9 Å². The molecule has 0 amide bonds. The largest absolute Gasteiger partial charge is 0.370 e. The SMILES string of the molecule is CCc1ccc(CN=C(N)N2CCCCCC2)s1. The molecule has 0 spiro atoms. The van der Waals surface area contributed by atoms with Crippen LogP contribution in [-0.2, 0) is 13.0 Å². The molecule has 18 heavy (non-hydrogen) atoms. The average Bonchev–Trinajstić information content (AvgIpc) is 2.68. The first kappa shape index (κ1) is 13.4. The maximum atomic E-state index is 6.09. The van der Waals surface area contributed by atoms with Gasteiger partial charge in [-0.15, -0.1) is 11.3 Å². The minimum atomic E-state index is 0.725. The zero-order chi connectivity index (χ0) is 12.8. The van der Waals surface area contributed by atoms with E-state index in [-0.39, 0.29) is 0 Å². The van der Waals surface area contributed by atoms with E-state index >= 15 is 0 Å². The molecule has 1 aromatic heterocycles. The van der Waals surface area contributed by atoms with Crippen LogP contribution in [0.2, 0.25) is 0 Å². The third-order valence-electron chi connectivity index (χ3n) is 3.39. The molecule has 1 aliphatic rings.